The first-order chi connectivity index (χ1) is 7.83. The third-order valence-corrected chi connectivity index (χ3v) is 4.72. The number of hydrogen-bond donors (Lipinski definition) is 1. The molecule has 2 unspecified atom stereocenters. The molecule has 2 fully saturated rings. The smallest absolute Gasteiger partial charge is 0.0124 e. The van der Waals surface area contributed by atoms with Crippen molar-refractivity contribution < 1.29 is 0 Å². The summed E-state index contributed by atoms with van der Waals surface area (Å²) in [6, 6.07) is 0.827. The fourth-order valence-corrected chi connectivity index (χ4v) is 3.50. The van der Waals surface area contributed by atoms with Crippen molar-refractivity contribution in [2.45, 2.75) is 71.3 Å². The molecule has 0 aliphatic heterocycles. The molecule has 0 spiro atoms. The van der Waals surface area contributed by atoms with Crippen LogP contribution >= 0.6 is 0 Å². The minimum atomic E-state index is 0.827. The predicted molar refractivity (Wildman–Crippen MR) is 70.5 cm³/mol. The molecule has 2 aliphatic carbocycles. The Kier molecular flexibility index (Phi) is 4.69. The van der Waals surface area contributed by atoms with Crippen LogP contribution in [-0.2, 0) is 0 Å². The van der Waals surface area contributed by atoms with Gasteiger partial charge in [0.05, 0.1) is 0 Å². The number of rotatable bonds is 6. The lowest BCUT2D eigenvalue weighted by molar-refractivity contribution is 0.201. The van der Waals surface area contributed by atoms with Crippen LogP contribution in [0.1, 0.15) is 65.2 Å². The zero-order chi connectivity index (χ0) is 11.4. The second-order valence-electron chi connectivity index (χ2n) is 6.07. The molecular weight excluding hydrogens is 194 g/mol. The van der Waals surface area contributed by atoms with Gasteiger partial charge in [0.25, 0.3) is 0 Å². The van der Waals surface area contributed by atoms with Gasteiger partial charge in [-0.3, -0.25) is 0 Å². The molecule has 1 nitrogen and oxygen atoms in total. The average molecular weight is 223 g/mol. The fraction of sp³-hybridized carbons (Fsp3) is 1.00. The minimum Gasteiger partial charge on any atom is -0.313 e. The predicted octanol–water partition coefficient (Wildman–Crippen LogP) is 3.98. The highest BCUT2D eigenvalue weighted by atomic mass is 14.9. The van der Waals surface area contributed by atoms with Crippen molar-refractivity contribution in [2.24, 2.45) is 17.8 Å². The van der Waals surface area contributed by atoms with Gasteiger partial charge in [-0.2, -0.15) is 0 Å². The Morgan fingerprint density at radius 2 is 1.69 bits per heavy atom. The minimum absolute atomic E-state index is 0.827. The highest BCUT2D eigenvalue weighted by Gasteiger charge is 2.36. The van der Waals surface area contributed by atoms with E-state index in [9.17, 15) is 0 Å². The maximum atomic E-state index is 3.86. The van der Waals surface area contributed by atoms with E-state index in [0.717, 1.165) is 23.8 Å². The summed E-state index contributed by atoms with van der Waals surface area (Å²) in [5.74, 6) is 2.96. The van der Waals surface area contributed by atoms with Crippen LogP contribution in [0, 0.1) is 17.8 Å². The summed E-state index contributed by atoms with van der Waals surface area (Å²) in [4.78, 5) is 0. The molecule has 94 valence electrons. The van der Waals surface area contributed by atoms with E-state index < -0.39 is 0 Å². The van der Waals surface area contributed by atoms with Gasteiger partial charge < -0.3 is 5.32 Å². The molecule has 1 N–H and O–H groups in total. The molecule has 0 aromatic rings. The molecule has 1 heteroatoms. The molecule has 0 aromatic heterocycles. The van der Waals surface area contributed by atoms with Gasteiger partial charge in [-0.05, 0) is 56.4 Å². The summed E-state index contributed by atoms with van der Waals surface area (Å²) in [6.07, 6.45) is 11.7. The van der Waals surface area contributed by atoms with E-state index in [4.69, 9.17) is 0 Å². The van der Waals surface area contributed by atoms with E-state index in [1.54, 1.807) is 0 Å². The Hall–Kier alpha value is -0.0400. The van der Waals surface area contributed by atoms with Gasteiger partial charge in [0.2, 0.25) is 0 Å². The van der Waals surface area contributed by atoms with Gasteiger partial charge in [-0.25, -0.2) is 0 Å². The highest BCUT2D eigenvalue weighted by Crippen LogP contribution is 2.42. The number of hydrogen-bond acceptors (Lipinski definition) is 1. The average Bonchev–Trinajstić information content (AvgIpc) is 3.14. The molecule has 0 amide bonds. The number of nitrogens with one attached hydrogen (secondary N) is 1. The van der Waals surface area contributed by atoms with Crippen LogP contribution in [0.5, 0.6) is 0 Å². The van der Waals surface area contributed by atoms with Crippen LogP contribution < -0.4 is 5.32 Å². The van der Waals surface area contributed by atoms with Gasteiger partial charge >= 0.3 is 0 Å². The lowest BCUT2D eigenvalue weighted by Gasteiger charge is -2.35. The highest BCUT2D eigenvalue weighted by molar-refractivity contribution is 4.90. The van der Waals surface area contributed by atoms with Crippen LogP contribution in [0.15, 0.2) is 0 Å². The Labute approximate surface area is 101 Å². The molecule has 0 radical (unpaired) electrons. The van der Waals surface area contributed by atoms with Crippen molar-refractivity contribution in [2.75, 3.05) is 6.54 Å². The van der Waals surface area contributed by atoms with E-state index in [0.29, 0.717) is 0 Å². The maximum Gasteiger partial charge on any atom is 0.0124 e. The van der Waals surface area contributed by atoms with Crippen molar-refractivity contribution in [3.8, 4) is 0 Å². The van der Waals surface area contributed by atoms with Crippen LogP contribution in [0.4, 0.5) is 0 Å². The first kappa shape index (κ1) is 12.4. The molecule has 0 heterocycles. The van der Waals surface area contributed by atoms with Gasteiger partial charge in [-0.1, -0.05) is 33.1 Å². The second kappa shape index (κ2) is 6.05. The maximum absolute atomic E-state index is 3.86. The topological polar surface area (TPSA) is 12.0 Å². The SMILES string of the molecule is CCCNC(C1CCCCC1)C(C)C1CC1. The van der Waals surface area contributed by atoms with E-state index >= 15 is 0 Å². The summed E-state index contributed by atoms with van der Waals surface area (Å²) < 4.78 is 0. The summed E-state index contributed by atoms with van der Waals surface area (Å²) >= 11 is 0. The third-order valence-electron chi connectivity index (χ3n) is 4.72. The van der Waals surface area contributed by atoms with Gasteiger partial charge in [0, 0.05) is 6.04 Å². The van der Waals surface area contributed by atoms with E-state index in [1.807, 2.05) is 0 Å². The molecule has 0 bridgehead atoms. The Bertz CT molecular complexity index is 192. The van der Waals surface area contributed by atoms with E-state index in [1.165, 1.54) is 57.9 Å². The Morgan fingerprint density at radius 1 is 1.00 bits per heavy atom. The molecule has 2 atom stereocenters. The van der Waals surface area contributed by atoms with Gasteiger partial charge in [0.1, 0.15) is 0 Å². The monoisotopic (exact) mass is 223 g/mol. The quantitative estimate of drug-likeness (QED) is 0.718. The first-order valence-electron chi connectivity index (χ1n) is 7.56. The summed E-state index contributed by atoms with van der Waals surface area (Å²) in [5.41, 5.74) is 0. The molecule has 2 saturated carbocycles. The van der Waals surface area contributed by atoms with Crippen LogP contribution in [-0.4, -0.2) is 12.6 Å². The Balaban J connectivity index is 1.88. The van der Waals surface area contributed by atoms with Crippen LogP contribution in [0.25, 0.3) is 0 Å². The van der Waals surface area contributed by atoms with Crippen molar-refractivity contribution >= 4 is 0 Å². The standard InChI is InChI=1S/C15H29N/c1-3-11-16-15(12(2)13-9-10-13)14-7-5-4-6-8-14/h12-16H,3-11H2,1-2H3. The Morgan fingerprint density at radius 3 is 2.25 bits per heavy atom. The van der Waals surface area contributed by atoms with Crippen molar-refractivity contribution in [3.05, 3.63) is 0 Å². The lowest BCUT2D eigenvalue weighted by atomic mass is 9.77. The molecule has 16 heavy (non-hydrogen) atoms. The van der Waals surface area contributed by atoms with E-state index in [-0.39, 0.29) is 0 Å². The van der Waals surface area contributed by atoms with Crippen LogP contribution in [0.3, 0.4) is 0 Å². The molecular formula is C15H29N. The summed E-state index contributed by atoms with van der Waals surface area (Å²) in [6.45, 7) is 6.00. The second-order valence-corrected chi connectivity index (χ2v) is 6.07. The zero-order valence-corrected chi connectivity index (χ0v) is 11.2. The third kappa shape index (κ3) is 3.23. The van der Waals surface area contributed by atoms with Crippen molar-refractivity contribution in [3.63, 3.8) is 0 Å². The van der Waals surface area contributed by atoms with Crippen molar-refractivity contribution in [1.82, 2.24) is 5.32 Å². The lowest BCUT2D eigenvalue weighted by Crippen LogP contribution is -2.43. The zero-order valence-electron chi connectivity index (χ0n) is 11.2. The van der Waals surface area contributed by atoms with E-state index in [2.05, 4.69) is 19.2 Å². The van der Waals surface area contributed by atoms with Gasteiger partial charge in [0.15, 0.2) is 0 Å². The largest absolute Gasteiger partial charge is 0.313 e. The molecule has 2 rings (SSSR count). The molecule has 2 aliphatic rings. The molecule has 0 saturated heterocycles. The van der Waals surface area contributed by atoms with Crippen molar-refractivity contribution in [1.29, 1.82) is 0 Å². The van der Waals surface area contributed by atoms with Crippen LogP contribution in [0.2, 0.25) is 0 Å². The van der Waals surface area contributed by atoms with Gasteiger partial charge in [-0.15, -0.1) is 0 Å². The normalized spacial score (nSPS) is 26.6. The first-order valence-corrected chi connectivity index (χ1v) is 7.56. The summed E-state index contributed by atoms with van der Waals surface area (Å²) in [7, 11) is 0. The molecule has 0 aromatic carbocycles. The summed E-state index contributed by atoms with van der Waals surface area (Å²) in [5, 5.41) is 3.86. The fourth-order valence-electron chi connectivity index (χ4n) is 3.50.